The molecule has 12 nitrogen and oxygen atoms in total. The maximum atomic E-state index is 11.6. The zero-order valence-electron chi connectivity index (χ0n) is 19.3. The summed E-state index contributed by atoms with van der Waals surface area (Å²) in [6.45, 7) is 10.7. The van der Waals surface area contributed by atoms with Crippen molar-refractivity contribution < 1.29 is 38.9 Å². The van der Waals surface area contributed by atoms with Crippen molar-refractivity contribution in [1.29, 1.82) is 0 Å². The highest BCUT2D eigenvalue weighted by Crippen LogP contribution is 2.10. The van der Waals surface area contributed by atoms with E-state index in [2.05, 4.69) is 0 Å². The topological polar surface area (TPSA) is 140 Å². The van der Waals surface area contributed by atoms with Crippen molar-refractivity contribution in [2.24, 2.45) is 0 Å². The standard InChI is InChI=1S/C20H36N4O8/c1-15(19(27)28)21-5-6-22(16(2)20(29)30)8-10-24(18(4)32-14-26)12-11-23(9-7-21)17(3)31-13-25/h13-18H,5-12H2,1-4H3,(H,27,28)(H,29,30). The highest BCUT2D eigenvalue weighted by molar-refractivity contribution is 5.73. The van der Waals surface area contributed by atoms with Crippen LogP contribution in [0.3, 0.4) is 0 Å². The molecule has 0 saturated carbocycles. The molecule has 0 amide bonds. The second-order valence-corrected chi connectivity index (χ2v) is 7.84. The zero-order valence-corrected chi connectivity index (χ0v) is 19.3. The molecule has 1 aliphatic heterocycles. The molecular weight excluding hydrogens is 424 g/mol. The smallest absolute Gasteiger partial charge is 0.320 e. The first-order valence-electron chi connectivity index (χ1n) is 10.7. The van der Waals surface area contributed by atoms with Gasteiger partial charge in [-0.1, -0.05) is 0 Å². The van der Waals surface area contributed by atoms with Gasteiger partial charge in [-0.05, 0) is 27.7 Å². The number of carbonyl (C=O) groups is 4. The Kier molecular flexibility index (Phi) is 12.1. The lowest BCUT2D eigenvalue weighted by Crippen LogP contribution is -2.54. The van der Waals surface area contributed by atoms with Gasteiger partial charge in [-0.3, -0.25) is 38.8 Å². The van der Waals surface area contributed by atoms with E-state index in [1.54, 1.807) is 37.5 Å². The van der Waals surface area contributed by atoms with Gasteiger partial charge in [0.2, 0.25) is 0 Å². The number of carboxylic acid groups (broad SMARTS) is 2. The fourth-order valence-electron chi connectivity index (χ4n) is 3.62. The number of carboxylic acids is 2. The Labute approximate surface area is 188 Å². The van der Waals surface area contributed by atoms with Gasteiger partial charge in [0.1, 0.15) is 12.1 Å². The van der Waals surface area contributed by atoms with Gasteiger partial charge in [-0.2, -0.15) is 0 Å². The van der Waals surface area contributed by atoms with Crippen LogP contribution in [0.2, 0.25) is 0 Å². The van der Waals surface area contributed by atoms with Gasteiger partial charge < -0.3 is 19.7 Å². The molecule has 2 N–H and O–H groups in total. The molecule has 0 radical (unpaired) electrons. The van der Waals surface area contributed by atoms with Crippen molar-refractivity contribution >= 4 is 24.9 Å². The minimum absolute atomic E-state index is 0.349. The Morgan fingerprint density at radius 3 is 1.09 bits per heavy atom. The molecule has 0 aromatic rings. The SMILES string of the molecule is CC(OC=O)N1CCN(C(C)OC=O)CCN(C(C)C(=O)O)CCN(C(C)C(=O)O)CC1. The van der Waals surface area contributed by atoms with Crippen LogP contribution in [-0.4, -0.2) is 132 Å². The lowest BCUT2D eigenvalue weighted by molar-refractivity contribution is -0.148. The fraction of sp³-hybridized carbons (Fsp3) is 0.800. The molecule has 1 rings (SSSR count). The minimum Gasteiger partial charge on any atom is -0.480 e. The molecule has 1 fully saturated rings. The number of ether oxygens (including phenoxy) is 2. The molecule has 1 saturated heterocycles. The van der Waals surface area contributed by atoms with E-state index in [4.69, 9.17) is 9.47 Å². The second kappa shape index (κ2) is 14.0. The lowest BCUT2D eigenvalue weighted by Gasteiger charge is -2.38. The van der Waals surface area contributed by atoms with E-state index in [0.717, 1.165) is 0 Å². The van der Waals surface area contributed by atoms with E-state index in [9.17, 15) is 29.4 Å². The van der Waals surface area contributed by atoms with E-state index in [-0.39, 0.29) is 0 Å². The van der Waals surface area contributed by atoms with Crippen molar-refractivity contribution in [2.75, 3.05) is 52.4 Å². The minimum atomic E-state index is -0.968. The summed E-state index contributed by atoms with van der Waals surface area (Å²) < 4.78 is 10.2. The van der Waals surface area contributed by atoms with E-state index >= 15 is 0 Å². The molecule has 0 aromatic carbocycles. The number of hydrogen-bond acceptors (Lipinski definition) is 10. The van der Waals surface area contributed by atoms with Crippen LogP contribution in [0.15, 0.2) is 0 Å². The van der Waals surface area contributed by atoms with Crippen molar-refractivity contribution in [3.05, 3.63) is 0 Å². The van der Waals surface area contributed by atoms with Gasteiger partial charge in [0.25, 0.3) is 12.9 Å². The molecule has 0 spiro atoms. The first kappa shape index (κ1) is 27.8. The summed E-state index contributed by atoms with van der Waals surface area (Å²) in [5.74, 6) is -1.94. The summed E-state index contributed by atoms with van der Waals surface area (Å²) >= 11 is 0. The molecule has 0 bridgehead atoms. The van der Waals surface area contributed by atoms with Crippen LogP contribution in [0, 0.1) is 0 Å². The van der Waals surface area contributed by atoms with Gasteiger partial charge in [-0.15, -0.1) is 0 Å². The normalized spacial score (nSPS) is 22.4. The zero-order chi connectivity index (χ0) is 24.3. The summed E-state index contributed by atoms with van der Waals surface area (Å²) in [5.41, 5.74) is 0. The number of hydrogen-bond donors (Lipinski definition) is 2. The van der Waals surface area contributed by atoms with Crippen molar-refractivity contribution in [3.8, 4) is 0 Å². The van der Waals surface area contributed by atoms with Crippen LogP contribution in [-0.2, 0) is 28.7 Å². The van der Waals surface area contributed by atoms with E-state index < -0.39 is 36.5 Å². The second-order valence-electron chi connectivity index (χ2n) is 7.84. The van der Waals surface area contributed by atoms with Gasteiger partial charge >= 0.3 is 11.9 Å². The average Bonchev–Trinajstić information content (AvgIpc) is 2.73. The first-order chi connectivity index (χ1) is 15.1. The van der Waals surface area contributed by atoms with Crippen LogP contribution in [0.1, 0.15) is 27.7 Å². The molecule has 184 valence electrons. The van der Waals surface area contributed by atoms with Crippen LogP contribution >= 0.6 is 0 Å². The maximum absolute atomic E-state index is 11.6. The number of nitrogens with zero attached hydrogens (tertiary/aromatic N) is 4. The number of aliphatic carboxylic acids is 2. The van der Waals surface area contributed by atoms with Gasteiger partial charge in [-0.25, -0.2) is 0 Å². The molecule has 0 aliphatic carbocycles. The highest BCUT2D eigenvalue weighted by Gasteiger charge is 2.28. The van der Waals surface area contributed by atoms with Crippen LogP contribution in [0.5, 0.6) is 0 Å². The maximum Gasteiger partial charge on any atom is 0.320 e. The largest absolute Gasteiger partial charge is 0.480 e. The van der Waals surface area contributed by atoms with Gasteiger partial charge in [0.05, 0.1) is 0 Å². The molecule has 1 heterocycles. The van der Waals surface area contributed by atoms with Crippen LogP contribution < -0.4 is 0 Å². The van der Waals surface area contributed by atoms with Crippen molar-refractivity contribution in [3.63, 3.8) is 0 Å². The van der Waals surface area contributed by atoms with Gasteiger partial charge in [0.15, 0.2) is 12.5 Å². The quantitative estimate of drug-likeness (QED) is 0.394. The Morgan fingerprint density at radius 2 is 0.875 bits per heavy atom. The molecule has 32 heavy (non-hydrogen) atoms. The molecular formula is C20H36N4O8. The summed E-state index contributed by atoms with van der Waals surface area (Å²) in [7, 11) is 0. The lowest BCUT2D eigenvalue weighted by atomic mass is 10.2. The van der Waals surface area contributed by atoms with E-state index in [0.29, 0.717) is 65.3 Å². The Hall–Kier alpha value is -2.28. The average molecular weight is 461 g/mol. The molecule has 1 aliphatic rings. The molecule has 4 atom stereocenters. The Morgan fingerprint density at radius 1 is 0.625 bits per heavy atom. The van der Waals surface area contributed by atoms with Crippen LogP contribution in [0.25, 0.3) is 0 Å². The Balaban J connectivity index is 3.15. The highest BCUT2D eigenvalue weighted by atomic mass is 16.5. The third kappa shape index (κ3) is 8.69. The van der Waals surface area contributed by atoms with E-state index in [1.807, 2.05) is 9.80 Å². The monoisotopic (exact) mass is 460 g/mol. The summed E-state index contributed by atoms with van der Waals surface area (Å²) in [4.78, 5) is 52.3. The fourth-order valence-corrected chi connectivity index (χ4v) is 3.62. The van der Waals surface area contributed by atoms with Crippen molar-refractivity contribution in [1.82, 2.24) is 19.6 Å². The number of carbonyl (C=O) groups excluding carboxylic acids is 2. The summed E-state index contributed by atoms with van der Waals surface area (Å²) in [6, 6.07) is -1.52. The Bertz CT molecular complexity index is 570. The van der Waals surface area contributed by atoms with Crippen LogP contribution in [0.4, 0.5) is 0 Å². The molecule has 0 aromatic heterocycles. The third-order valence-corrected chi connectivity index (χ3v) is 6.04. The molecule has 12 heteroatoms. The third-order valence-electron chi connectivity index (χ3n) is 6.04. The molecule has 4 unspecified atom stereocenters. The predicted molar refractivity (Wildman–Crippen MR) is 114 cm³/mol. The van der Waals surface area contributed by atoms with Crippen molar-refractivity contribution in [2.45, 2.75) is 52.2 Å². The van der Waals surface area contributed by atoms with Gasteiger partial charge in [0, 0.05) is 52.4 Å². The first-order valence-corrected chi connectivity index (χ1v) is 10.7. The predicted octanol–water partition coefficient (Wildman–Crippen LogP) is -0.808. The number of rotatable bonds is 10. The van der Waals surface area contributed by atoms with E-state index in [1.165, 1.54) is 0 Å². The summed E-state index contributed by atoms with van der Waals surface area (Å²) in [5, 5.41) is 19.0. The summed E-state index contributed by atoms with van der Waals surface area (Å²) in [6.07, 6.45) is -1.05.